The third kappa shape index (κ3) is 4.34. The number of carbonyl (C=O) groups is 2. The second-order valence-electron chi connectivity index (χ2n) is 5.58. The lowest BCUT2D eigenvalue weighted by molar-refractivity contribution is -0.152. The number of alkyl halides is 3. The quantitative estimate of drug-likeness (QED) is 0.853. The van der Waals surface area contributed by atoms with E-state index in [2.05, 4.69) is 4.98 Å². The minimum Gasteiger partial charge on any atom is -0.364 e. The van der Waals surface area contributed by atoms with E-state index in [0.29, 0.717) is 12.0 Å². The number of fused-ring (bicyclic) bond motifs is 1. The summed E-state index contributed by atoms with van der Waals surface area (Å²) in [6, 6.07) is 5.57. The summed E-state index contributed by atoms with van der Waals surface area (Å²) in [5.74, 6) is -1.48. The van der Waals surface area contributed by atoms with E-state index in [1.54, 1.807) is 0 Å². The number of ketones is 1. The highest BCUT2D eigenvalue weighted by molar-refractivity contribution is 6.00. The van der Waals surface area contributed by atoms with E-state index in [1.165, 1.54) is 0 Å². The lowest BCUT2D eigenvalue weighted by Gasteiger charge is -2.06. The summed E-state index contributed by atoms with van der Waals surface area (Å²) in [6.45, 7) is 1.90. The number of nitrogens with one attached hydrogen (secondary N) is 1. The van der Waals surface area contributed by atoms with E-state index in [4.69, 9.17) is 5.73 Å². The van der Waals surface area contributed by atoms with Crippen molar-refractivity contribution >= 4 is 22.6 Å². The number of amides is 1. The SMILES string of the molecule is Cc1ccc2[nH]c(C(N)=O)c(CCCC(=O)CC(F)(F)F)c2c1. The molecular formula is C16H17F3N2O2. The Kier molecular flexibility index (Phi) is 4.77. The van der Waals surface area contributed by atoms with Crippen LogP contribution in [0.1, 0.15) is 40.9 Å². The first-order valence-electron chi connectivity index (χ1n) is 7.17. The summed E-state index contributed by atoms with van der Waals surface area (Å²) >= 11 is 0. The van der Waals surface area contributed by atoms with Gasteiger partial charge in [0.1, 0.15) is 17.9 Å². The van der Waals surface area contributed by atoms with Crippen LogP contribution in [0.25, 0.3) is 10.9 Å². The van der Waals surface area contributed by atoms with Gasteiger partial charge in [-0.25, -0.2) is 0 Å². The molecule has 0 radical (unpaired) electrons. The fraction of sp³-hybridized carbons (Fsp3) is 0.375. The van der Waals surface area contributed by atoms with E-state index in [-0.39, 0.29) is 18.5 Å². The number of carbonyl (C=O) groups excluding carboxylic acids is 2. The van der Waals surface area contributed by atoms with Crippen LogP contribution in [-0.4, -0.2) is 22.9 Å². The van der Waals surface area contributed by atoms with E-state index in [0.717, 1.165) is 16.5 Å². The molecule has 0 atom stereocenters. The van der Waals surface area contributed by atoms with Crippen molar-refractivity contribution in [1.82, 2.24) is 4.98 Å². The number of aryl methyl sites for hydroxylation is 2. The molecule has 23 heavy (non-hydrogen) atoms. The molecule has 2 aromatic rings. The molecule has 1 aromatic heterocycles. The Hall–Kier alpha value is -2.31. The number of rotatable bonds is 6. The topological polar surface area (TPSA) is 76.0 Å². The molecule has 7 heteroatoms. The fourth-order valence-electron chi connectivity index (χ4n) is 2.61. The van der Waals surface area contributed by atoms with Gasteiger partial charge in [-0.2, -0.15) is 13.2 Å². The van der Waals surface area contributed by atoms with Crippen LogP contribution >= 0.6 is 0 Å². The minimum absolute atomic E-state index is 0.184. The molecule has 1 amide bonds. The van der Waals surface area contributed by atoms with Crippen LogP contribution in [0.15, 0.2) is 18.2 Å². The largest absolute Gasteiger partial charge is 0.395 e. The van der Waals surface area contributed by atoms with Gasteiger partial charge in [0.05, 0.1) is 0 Å². The average Bonchev–Trinajstić information content (AvgIpc) is 2.75. The first-order chi connectivity index (χ1) is 10.7. The number of hydrogen-bond acceptors (Lipinski definition) is 2. The van der Waals surface area contributed by atoms with Crippen LogP contribution in [0.5, 0.6) is 0 Å². The van der Waals surface area contributed by atoms with Crippen LogP contribution in [0.3, 0.4) is 0 Å². The van der Waals surface area contributed by atoms with Crippen molar-refractivity contribution in [2.45, 2.75) is 38.8 Å². The number of aromatic nitrogens is 1. The maximum atomic E-state index is 12.1. The van der Waals surface area contributed by atoms with Gasteiger partial charge in [0, 0.05) is 17.3 Å². The normalized spacial score (nSPS) is 11.8. The second-order valence-corrected chi connectivity index (χ2v) is 5.58. The molecule has 0 spiro atoms. The Labute approximate surface area is 130 Å². The van der Waals surface area contributed by atoms with Crippen molar-refractivity contribution in [3.63, 3.8) is 0 Å². The monoisotopic (exact) mass is 326 g/mol. The third-order valence-electron chi connectivity index (χ3n) is 3.59. The van der Waals surface area contributed by atoms with Crippen LogP contribution in [0.2, 0.25) is 0 Å². The van der Waals surface area contributed by atoms with Crippen molar-refractivity contribution < 1.29 is 22.8 Å². The Morgan fingerprint density at radius 3 is 2.57 bits per heavy atom. The van der Waals surface area contributed by atoms with E-state index < -0.39 is 24.3 Å². The van der Waals surface area contributed by atoms with Gasteiger partial charge in [-0.3, -0.25) is 9.59 Å². The molecule has 0 aliphatic carbocycles. The van der Waals surface area contributed by atoms with E-state index in [9.17, 15) is 22.8 Å². The molecule has 1 heterocycles. The standard InChI is InChI=1S/C16H17F3N2O2/c1-9-5-6-13-12(7-9)11(14(21-13)15(20)23)4-2-3-10(22)8-16(17,18)19/h5-7,21H,2-4,8H2,1H3,(H2,20,23). The lowest BCUT2D eigenvalue weighted by atomic mass is 10.0. The first kappa shape index (κ1) is 17.1. The molecule has 124 valence electrons. The fourth-order valence-corrected chi connectivity index (χ4v) is 2.61. The minimum atomic E-state index is -4.48. The Morgan fingerprint density at radius 2 is 1.96 bits per heavy atom. The van der Waals surface area contributed by atoms with Crippen LogP contribution < -0.4 is 5.73 Å². The number of aromatic amines is 1. The number of hydrogen-bond donors (Lipinski definition) is 2. The summed E-state index contributed by atoms with van der Waals surface area (Å²) in [6.07, 6.45) is -5.53. The van der Waals surface area contributed by atoms with Crippen molar-refractivity contribution in [2.75, 3.05) is 0 Å². The highest BCUT2D eigenvalue weighted by Crippen LogP contribution is 2.26. The zero-order valence-electron chi connectivity index (χ0n) is 12.6. The number of Topliss-reactive ketones (excluding diaryl/α,β-unsaturated/α-hetero) is 1. The molecule has 3 N–H and O–H groups in total. The zero-order chi connectivity index (χ0) is 17.2. The maximum Gasteiger partial charge on any atom is 0.395 e. The van der Waals surface area contributed by atoms with E-state index in [1.807, 2.05) is 25.1 Å². The summed E-state index contributed by atoms with van der Waals surface area (Å²) in [5, 5.41) is 0.807. The predicted molar refractivity (Wildman–Crippen MR) is 80.2 cm³/mol. The van der Waals surface area contributed by atoms with Gasteiger partial charge in [-0.1, -0.05) is 11.6 Å². The van der Waals surface area contributed by atoms with Gasteiger partial charge in [0.15, 0.2) is 0 Å². The van der Waals surface area contributed by atoms with Crippen LogP contribution in [0.4, 0.5) is 13.2 Å². The summed E-state index contributed by atoms with van der Waals surface area (Å²) in [5.41, 5.74) is 7.96. The molecule has 0 bridgehead atoms. The molecule has 0 fully saturated rings. The molecular weight excluding hydrogens is 309 g/mol. The lowest BCUT2D eigenvalue weighted by Crippen LogP contribution is -2.15. The van der Waals surface area contributed by atoms with E-state index >= 15 is 0 Å². The number of primary amides is 1. The van der Waals surface area contributed by atoms with Gasteiger partial charge in [0.25, 0.3) is 5.91 Å². The first-order valence-corrected chi connectivity index (χ1v) is 7.17. The van der Waals surface area contributed by atoms with Crippen molar-refractivity contribution in [2.24, 2.45) is 5.73 Å². The molecule has 0 saturated heterocycles. The smallest absolute Gasteiger partial charge is 0.364 e. The summed E-state index contributed by atoms with van der Waals surface area (Å²) in [7, 11) is 0. The highest BCUT2D eigenvalue weighted by atomic mass is 19.4. The number of nitrogens with two attached hydrogens (primary N) is 1. The van der Waals surface area contributed by atoms with Crippen molar-refractivity contribution in [1.29, 1.82) is 0 Å². The van der Waals surface area contributed by atoms with Gasteiger partial charge >= 0.3 is 6.18 Å². The second kappa shape index (κ2) is 6.44. The Bertz CT molecular complexity index is 748. The van der Waals surface area contributed by atoms with Crippen molar-refractivity contribution in [3.8, 4) is 0 Å². The highest BCUT2D eigenvalue weighted by Gasteiger charge is 2.30. The van der Waals surface area contributed by atoms with Crippen molar-refractivity contribution in [3.05, 3.63) is 35.0 Å². The van der Waals surface area contributed by atoms with Gasteiger partial charge in [0.2, 0.25) is 0 Å². The molecule has 0 unspecified atom stereocenters. The van der Waals surface area contributed by atoms with Gasteiger partial charge in [-0.15, -0.1) is 0 Å². The van der Waals surface area contributed by atoms with Gasteiger partial charge in [-0.05, 0) is 37.5 Å². The zero-order valence-corrected chi connectivity index (χ0v) is 12.6. The molecule has 0 aliphatic heterocycles. The number of halogens is 3. The Balaban J connectivity index is 2.15. The summed E-state index contributed by atoms with van der Waals surface area (Å²) in [4.78, 5) is 25.8. The molecule has 4 nitrogen and oxygen atoms in total. The molecule has 0 aliphatic rings. The number of benzene rings is 1. The Morgan fingerprint density at radius 1 is 1.26 bits per heavy atom. The third-order valence-corrected chi connectivity index (χ3v) is 3.59. The van der Waals surface area contributed by atoms with Gasteiger partial charge < -0.3 is 10.7 Å². The van der Waals surface area contributed by atoms with Crippen LogP contribution in [-0.2, 0) is 11.2 Å². The molecule has 0 saturated carbocycles. The van der Waals surface area contributed by atoms with Crippen LogP contribution in [0, 0.1) is 6.92 Å². The maximum absolute atomic E-state index is 12.1. The number of H-pyrrole nitrogens is 1. The average molecular weight is 326 g/mol. The summed E-state index contributed by atoms with van der Waals surface area (Å²) < 4.78 is 36.4. The molecule has 1 aromatic carbocycles. The molecule has 2 rings (SSSR count). The predicted octanol–water partition coefficient (Wildman–Crippen LogP) is 3.42.